The highest BCUT2D eigenvalue weighted by Gasteiger charge is 2.33. The predicted molar refractivity (Wildman–Crippen MR) is 56.1 cm³/mol. The lowest BCUT2D eigenvalue weighted by molar-refractivity contribution is 0.984. The Bertz CT molecular complexity index is 313. The minimum atomic E-state index is 0.498. The summed E-state index contributed by atoms with van der Waals surface area (Å²) in [6.07, 6.45) is 5.12. The van der Waals surface area contributed by atoms with Crippen LogP contribution in [0.2, 0.25) is 0 Å². The second-order valence-electron chi connectivity index (χ2n) is 3.39. The largest absolute Gasteiger partial charge is 0.289 e. The summed E-state index contributed by atoms with van der Waals surface area (Å²) in [6.45, 7) is 3.75. The smallest absolute Gasteiger partial charge is 0.0569 e. The van der Waals surface area contributed by atoms with Crippen LogP contribution in [0.4, 0.5) is 0 Å². The summed E-state index contributed by atoms with van der Waals surface area (Å²) in [5.74, 6) is 0.625. The molecule has 0 spiro atoms. The standard InChI is InChI=1S/C12H13N/c1-2-11-8-12(11)13-9-10-6-4-3-5-7-10/h2-7,9,11-12H,1,8H2/t11-,12-/m0/s1. The molecule has 0 saturated heterocycles. The van der Waals surface area contributed by atoms with Gasteiger partial charge in [-0.3, -0.25) is 4.99 Å². The Kier molecular flexibility index (Phi) is 2.26. The van der Waals surface area contributed by atoms with Gasteiger partial charge in [0, 0.05) is 12.1 Å². The molecule has 1 fully saturated rings. The van der Waals surface area contributed by atoms with E-state index in [-0.39, 0.29) is 0 Å². The fourth-order valence-corrected chi connectivity index (χ4v) is 1.35. The first-order chi connectivity index (χ1) is 6.40. The maximum atomic E-state index is 4.46. The molecule has 2 atom stereocenters. The lowest BCUT2D eigenvalue weighted by atomic mass is 10.2. The van der Waals surface area contributed by atoms with Crippen LogP contribution in [0.25, 0.3) is 0 Å². The highest BCUT2D eigenvalue weighted by molar-refractivity contribution is 5.79. The monoisotopic (exact) mass is 171 g/mol. The third-order valence-electron chi connectivity index (χ3n) is 2.32. The van der Waals surface area contributed by atoms with Gasteiger partial charge in [-0.15, -0.1) is 6.58 Å². The molecule has 1 aromatic carbocycles. The molecule has 0 aliphatic heterocycles. The van der Waals surface area contributed by atoms with E-state index in [1.807, 2.05) is 30.5 Å². The maximum absolute atomic E-state index is 4.46. The summed E-state index contributed by atoms with van der Waals surface area (Å²) in [6, 6.07) is 10.7. The van der Waals surface area contributed by atoms with E-state index in [1.54, 1.807) is 0 Å². The normalized spacial score (nSPS) is 26.2. The van der Waals surface area contributed by atoms with E-state index in [0.717, 1.165) is 0 Å². The van der Waals surface area contributed by atoms with Gasteiger partial charge in [-0.1, -0.05) is 36.4 Å². The average Bonchev–Trinajstić information content (AvgIpc) is 2.95. The van der Waals surface area contributed by atoms with Crippen LogP contribution in [-0.2, 0) is 0 Å². The molecule has 0 bridgehead atoms. The van der Waals surface area contributed by atoms with Crippen molar-refractivity contribution in [2.75, 3.05) is 0 Å². The molecular formula is C12H13N. The molecule has 0 radical (unpaired) electrons. The Morgan fingerprint density at radius 3 is 2.69 bits per heavy atom. The highest BCUT2D eigenvalue weighted by atomic mass is 14.8. The topological polar surface area (TPSA) is 12.4 Å². The van der Waals surface area contributed by atoms with Gasteiger partial charge in [0.1, 0.15) is 0 Å². The summed E-state index contributed by atoms with van der Waals surface area (Å²) in [4.78, 5) is 4.46. The van der Waals surface area contributed by atoms with E-state index >= 15 is 0 Å². The Morgan fingerprint density at radius 2 is 2.08 bits per heavy atom. The maximum Gasteiger partial charge on any atom is 0.0569 e. The summed E-state index contributed by atoms with van der Waals surface area (Å²) >= 11 is 0. The number of nitrogens with zero attached hydrogens (tertiary/aromatic N) is 1. The highest BCUT2D eigenvalue weighted by Crippen LogP contribution is 2.34. The van der Waals surface area contributed by atoms with E-state index in [2.05, 4.69) is 23.7 Å². The minimum absolute atomic E-state index is 0.498. The van der Waals surface area contributed by atoms with Crippen LogP contribution in [0.15, 0.2) is 48.0 Å². The van der Waals surface area contributed by atoms with Gasteiger partial charge in [0.2, 0.25) is 0 Å². The Balaban J connectivity index is 1.96. The molecular weight excluding hydrogens is 158 g/mol. The first-order valence-electron chi connectivity index (χ1n) is 4.61. The van der Waals surface area contributed by atoms with Gasteiger partial charge in [0.25, 0.3) is 0 Å². The molecule has 1 nitrogen and oxygen atoms in total. The van der Waals surface area contributed by atoms with E-state index < -0.39 is 0 Å². The Hall–Kier alpha value is -1.37. The predicted octanol–water partition coefficient (Wildman–Crippen LogP) is 2.68. The summed E-state index contributed by atoms with van der Waals surface area (Å²) in [7, 11) is 0. The first-order valence-corrected chi connectivity index (χ1v) is 4.61. The van der Waals surface area contributed by atoms with Gasteiger partial charge < -0.3 is 0 Å². The molecule has 0 amide bonds. The molecule has 0 unspecified atom stereocenters. The number of aliphatic imine (C=N–C) groups is 1. The molecule has 0 heterocycles. The van der Waals surface area contributed by atoms with Crippen molar-refractivity contribution >= 4 is 6.21 Å². The number of rotatable bonds is 3. The summed E-state index contributed by atoms with van der Waals surface area (Å²) < 4.78 is 0. The van der Waals surface area contributed by atoms with Crippen molar-refractivity contribution in [3.05, 3.63) is 48.6 Å². The van der Waals surface area contributed by atoms with Crippen LogP contribution in [0.1, 0.15) is 12.0 Å². The van der Waals surface area contributed by atoms with Crippen LogP contribution in [0.5, 0.6) is 0 Å². The van der Waals surface area contributed by atoms with Crippen molar-refractivity contribution in [2.24, 2.45) is 10.9 Å². The molecule has 1 aromatic rings. The SMILES string of the molecule is C=C[C@H]1C[C@@H]1N=Cc1ccccc1. The van der Waals surface area contributed by atoms with E-state index in [1.165, 1.54) is 12.0 Å². The fraction of sp³-hybridized carbons (Fsp3) is 0.250. The van der Waals surface area contributed by atoms with E-state index in [0.29, 0.717) is 12.0 Å². The second kappa shape index (κ2) is 3.56. The van der Waals surface area contributed by atoms with Crippen LogP contribution < -0.4 is 0 Å². The van der Waals surface area contributed by atoms with Crippen LogP contribution in [-0.4, -0.2) is 12.3 Å². The zero-order valence-electron chi connectivity index (χ0n) is 7.56. The Morgan fingerprint density at radius 1 is 1.31 bits per heavy atom. The summed E-state index contributed by atoms with van der Waals surface area (Å²) in [5, 5.41) is 0. The molecule has 1 heteroatoms. The molecule has 1 saturated carbocycles. The average molecular weight is 171 g/mol. The van der Waals surface area contributed by atoms with Gasteiger partial charge in [0.05, 0.1) is 6.04 Å². The zero-order valence-corrected chi connectivity index (χ0v) is 7.56. The van der Waals surface area contributed by atoms with Gasteiger partial charge >= 0.3 is 0 Å². The number of hydrogen-bond acceptors (Lipinski definition) is 1. The van der Waals surface area contributed by atoms with Crippen LogP contribution in [0.3, 0.4) is 0 Å². The number of hydrogen-bond donors (Lipinski definition) is 0. The van der Waals surface area contributed by atoms with Crippen molar-refractivity contribution < 1.29 is 0 Å². The van der Waals surface area contributed by atoms with Crippen molar-refractivity contribution in [1.29, 1.82) is 0 Å². The fourth-order valence-electron chi connectivity index (χ4n) is 1.35. The molecule has 0 N–H and O–H groups in total. The molecule has 2 rings (SSSR count). The first kappa shape index (κ1) is 8.24. The van der Waals surface area contributed by atoms with E-state index in [9.17, 15) is 0 Å². The molecule has 1 aliphatic rings. The molecule has 1 aliphatic carbocycles. The van der Waals surface area contributed by atoms with Crippen LogP contribution in [0, 0.1) is 5.92 Å². The van der Waals surface area contributed by atoms with E-state index in [4.69, 9.17) is 0 Å². The lowest BCUT2D eigenvalue weighted by Gasteiger charge is -1.90. The zero-order chi connectivity index (χ0) is 9.10. The van der Waals surface area contributed by atoms with Gasteiger partial charge in [-0.05, 0) is 12.0 Å². The minimum Gasteiger partial charge on any atom is -0.289 e. The van der Waals surface area contributed by atoms with Crippen molar-refractivity contribution in [3.63, 3.8) is 0 Å². The number of benzene rings is 1. The summed E-state index contributed by atoms with van der Waals surface area (Å²) in [5.41, 5.74) is 1.18. The second-order valence-corrected chi connectivity index (χ2v) is 3.39. The van der Waals surface area contributed by atoms with Crippen molar-refractivity contribution in [1.82, 2.24) is 0 Å². The molecule has 13 heavy (non-hydrogen) atoms. The lowest BCUT2D eigenvalue weighted by Crippen LogP contribution is -1.84. The molecule has 66 valence electrons. The molecule has 0 aromatic heterocycles. The van der Waals surface area contributed by atoms with Gasteiger partial charge in [0.15, 0.2) is 0 Å². The third kappa shape index (κ3) is 2.05. The third-order valence-corrected chi connectivity index (χ3v) is 2.32. The van der Waals surface area contributed by atoms with Crippen molar-refractivity contribution in [3.8, 4) is 0 Å². The van der Waals surface area contributed by atoms with Crippen molar-refractivity contribution in [2.45, 2.75) is 12.5 Å². The Labute approximate surface area is 78.8 Å². The van der Waals surface area contributed by atoms with Crippen LogP contribution >= 0.6 is 0 Å². The quantitative estimate of drug-likeness (QED) is 0.489. The van der Waals surface area contributed by atoms with Gasteiger partial charge in [-0.2, -0.15) is 0 Å². The van der Waals surface area contributed by atoms with Gasteiger partial charge in [-0.25, -0.2) is 0 Å².